The third-order valence-corrected chi connectivity index (χ3v) is 4.13. The van der Waals surface area contributed by atoms with Crippen LogP contribution in [0.5, 0.6) is 5.75 Å². The molecule has 0 aliphatic carbocycles. The van der Waals surface area contributed by atoms with Gasteiger partial charge in [-0.3, -0.25) is 14.7 Å². The van der Waals surface area contributed by atoms with E-state index >= 15 is 0 Å². The van der Waals surface area contributed by atoms with Gasteiger partial charge in [-0.25, -0.2) is 8.78 Å². The predicted octanol–water partition coefficient (Wildman–Crippen LogP) is 2.28. The third kappa shape index (κ3) is 3.18. The molecule has 0 unspecified atom stereocenters. The van der Waals surface area contributed by atoms with E-state index in [9.17, 15) is 13.6 Å². The van der Waals surface area contributed by atoms with Gasteiger partial charge in [0.25, 0.3) is 5.56 Å². The van der Waals surface area contributed by atoms with Gasteiger partial charge in [0, 0.05) is 48.6 Å². The molecule has 122 valence electrons. The van der Waals surface area contributed by atoms with Crippen molar-refractivity contribution in [3.8, 4) is 5.75 Å². The molecule has 0 atom stereocenters. The molecule has 0 saturated heterocycles. The van der Waals surface area contributed by atoms with E-state index in [-0.39, 0.29) is 28.2 Å². The standard InChI is InChI=1S/C15H15F2N3O2S/c1-22-8-4-11(16)10(12(17)5-8)6-20-3-2-9-13(7-20)18-15(23)19-14(9)21/h4-5H,2-3,6-7H2,1H3,(H2,18,19,21,23). The van der Waals surface area contributed by atoms with E-state index in [1.54, 1.807) is 0 Å². The number of nitrogens with zero attached hydrogens (tertiary/aromatic N) is 1. The number of methoxy groups -OCH3 is 1. The Morgan fingerprint density at radius 2 is 2.00 bits per heavy atom. The highest BCUT2D eigenvalue weighted by Gasteiger charge is 2.22. The second-order valence-electron chi connectivity index (χ2n) is 5.40. The minimum atomic E-state index is -0.647. The number of halogens is 2. The molecular formula is C15H15F2N3O2S. The molecular weight excluding hydrogens is 324 g/mol. The van der Waals surface area contributed by atoms with Crippen molar-refractivity contribution in [1.29, 1.82) is 0 Å². The van der Waals surface area contributed by atoms with E-state index in [1.807, 2.05) is 4.90 Å². The number of ether oxygens (including phenoxy) is 1. The van der Waals surface area contributed by atoms with Crippen LogP contribution in [0.15, 0.2) is 16.9 Å². The van der Waals surface area contributed by atoms with Crippen LogP contribution in [-0.4, -0.2) is 28.5 Å². The number of fused-ring (bicyclic) bond motifs is 1. The fraction of sp³-hybridized carbons (Fsp3) is 0.333. The highest BCUT2D eigenvalue weighted by Crippen LogP contribution is 2.23. The summed E-state index contributed by atoms with van der Waals surface area (Å²) in [4.78, 5) is 19.2. The van der Waals surface area contributed by atoms with Gasteiger partial charge in [-0.1, -0.05) is 0 Å². The molecule has 0 fully saturated rings. The van der Waals surface area contributed by atoms with Crippen LogP contribution in [0.3, 0.4) is 0 Å². The molecule has 1 aromatic heterocycles. The van der Waals surface area contributed by atoms with Crippen molar-refractivity contribution in [1.82, 2.24) is 14.9 Å². The lowest BCUT2D eigenvalue weighted by Crippen LogP contribution is -2.35. The number of benzene rings is 1. The lowest BCUT2D eigenvalue weighted by molar-refractivity contribution is 0.233. The summed E-state index contributed by atoms with van der Waals surface area (Å²) >= 11 is 4.96. The lowest BCUT2D eigenvalue weighted by atomic mass is 10.1. The van der Waals surface area contributed by atoms with Crippen molar-refractivity contribution in [3.63, 3.8) is 0 Å². The zero-order chi connectivity index (χ0) is 16.6. The third-order valence-electron chi connectivity index (χ3n) is 3.92. The number of hydrogen-bond acceptors (Lipinski definition) is 4. The van der Waals surface area contributed by atoms with Crippen molar-refractivity contribution in [3.05, 3.63) is 55.7 Å². The molecule has 23 heavy (non-hydrogen) atoms. The van der Waals surface area contributed by atoms with Gasteiger partial charge in [0.05, 0.1) is 7.11 Å². The first kappa shape index (κ1) is 15.8. The Morgan fingerprint density at radius 1 is 1.30 bits per heavy atom. The van der Waals surface area contributed by atoms with Crippen LogP contribution >= 0.6 is 12.2 Å². The molecule has 8 heteroatoms. The highest BCUT2D eigenvalue weighted by molar-refractivity contribution is 7.71. The maximum absolute atomic E-state index is 14.1. The fourth-order valence-corrected chi connectivity index (χ4v) is 2.95. The molecule has 3 rings (SSSR count). The SMILES string of the molecule is COc1cc(F)c(CN2CCc3c([nH]c(=S)[nH]c3=O)C2)c(F)c1. The first-order valence-electron chi connectivity index (χ1n) is 7.06. The van der Waals surface area contributed by atoms with Crippen LogP contribution in [0.2, 0.25) is 0 Å². The predicted molar refractivity (Wildman–Crippen MR) is 83.0 cm³/mol. The minimum Gasteiger partial charge on any atom is -0.497 e. The van der Waals surface area contributed by atoms with Crippen molar-refractivity contribution in [2.75, 3.05) is 13.7 Å². The van der Waals surface area contributed by atoms with Gasteiger partial charge in [-0.2, -0.15) is 0 Å². The minimum absolute atomic E-state index is 0.0160. The van der Waals surface area contributed by atoms with Crippen LogP contribution < -0.4 is 10.3 Å². The summed E-state index contributed by atoms with van der Waals surface area (Å²) in [5.41, 5.74) is 1.12. The number of rotatable bonds is 3. The Balaban J connectivity index is 1.86. The summed E-state index contributed by atoms with van der Waals surface area (Å²) in [7, 11) is 1.36. The number of hydrogen-bond donors (Lipinski definition) is 2. The molecule has 5 nitrogen and oxygen atoms in total. The summed E-state index contributed by atoms with van der Waals surface area (Å²) in [6.45, 7) is 1.02. The second kappa shape index (κ2) is 6.21. The molecule has 2 N–H and O–H groups in total. The first-order valence-corrected chi connectivity index (χ1v) is 7.47. The average Bonchev–Trinajstić information content (AvgIpc) is 2.50. The van der Waals surface area contributed by atoms with Crippen molar-refractivity contribution < 1.29 is 13.5 Å². The molecule has 0 radical (unpaired) electrons. The normalized spacial score (nSPS) is 14.6. The van der Waals surface area contributed by atoms with Gasteiger partial charge >= 0.3 is 0 Å². The molecule has 0 saturated carbocycles. The molecule has 2 aromatic rings. The summed E-state index contributed by atoms with van der Waals surface area (Å²) in [6, 6.07) is 2.32. The van der Waals surface area contributed by atoms with Crippen molar-refractivity contribution >= 4 is 12.2 Å². The van der Waals surface area contributed by atoms with Crippen molar-refractivity contribution in [2.24, 2.45) is 0 Å². The molecule has 1 aliphatic rings. The second-order valence-corrected chi connectivity index (χ2v) is 5.80. The largest absolute Gasteiger partial charge is 0.497 e. The van der Waals surface area contributed by atoms with Gasteiger partial charge in [0.1, 0.15) is 17.4 Å². The maximum Gasteiger partial charge on any atom is 0.255 e. The smallest absolute Gasteiger partial charge is 0.255 e. The lowest BCUT2D eigenvalue weighted by Gasteiger charge is -2.28. The van der Waals surface area contributed by atoms with Gasteiger partial charge in [0.2, 0.25) is 0 Å². The fourth-order valence-electron chi connectivity index (χ4n) is 2.74. The van der Waals surface area contributed by atoms with Crippen LogP contribution in [0.1, 0.15) is 16.8 Å². The molecule has 2 heterocycles. The van der Waals surface area contributed by atoms with E-state index in [0.717, 1.165) is 12.1 Å². The first-order chi connectivity index (χ1) is 11.0. The molecule has 0 bridgehead atoms. The number of aromatic amines is 2. The zero-order valence-electron chi connectivity index (χ0n) is 12.4. The monoisotopic (exact) mass is 339 g/mol. The summed E-state index contributed by atoms with van der Waals surface area (Å²) in [5.74, 6) is -1.15. The van der Waals surface area contributed by atoms with Crippen LogP contribution in [0.25, 0.3) is 0 Å². The van der Waals surface area contributed by atoms with Gasteiger partial charge in [0.15, 0.2) is 4.77 Å². The Bertz CT molecular complexity index is 840. The number of aromatic nitrogens is 2. The molecule has 1 aromatic carbocycles. The highest BCUT2D eigenvalue weighted by atomic mass is 32.1. The Morgan fingerprint density at radius 3 is 2.65 bits per heavy atom. The Labute approximate surface area is 135 Å². The van der Waals surface area contributed by atoms with Gasteiger partial charge in [-0.05, 0) is 18.6 Å². The number of nitrogens with one attached hydrogen (secondary N) is 2. The van der Waals surface area contributed by atoms with Gasteiger partial charge in [-0.15, -0.1) is 0 Å². The van der Waals surface area contributed by atoms with Crippen LogP contribution in [0, 0.1) is 16.4 Å². The zero-order valence-corrected chi connectivity index (χ0v) is 13.2. The van der Waals surface area contributed by atoms with E-state index in [1.165, 1.54) is 7.11 Å². The van der Waals surface area contributed by atoms with E-state index in [0.29, 0.717) is 30.8 Å². The van der Waals surface area contributed by atoms with E-state index in [4.69, 9.17) is 17.0 Å². The van der Waals surface area contributed by atoms with E-state index in [2.05, 4.69) is 9.97 Å². The average molecular weight is 339 g/mol. The van der Waals surface area contributed by atoms with Crippen molar-refractivity contribution in [2.45, 2.75) is 19.5 Å². The number of H-pyrrole nitrogens is 2. The summed E-state index contributed by atoms with van der Waals surface area (Å²) < 4.78 is 33.2. The van der Waals surface area contributed by atoms with Crippen LogP contribution in [0.4, 0.5) is 8.78 Å². The Kier molecular flexibility index (Phi) is 4.27. The quantitative estimate of drug-likeness (QED) is 0.843. The maximum atomic E-state index is 14.1. The Hall–Kier alpha value is -2.06. The molecule has 1 aliphatic heterocycles. The van der Waals surface area contributed by atoms with E-state index < -0.39 is 11.6 Å². The summed E-state index contributed by atoms with van der Waals surface area (Å²) in [5, 5.41) is 0. The summed E-state index contributed by atoms with van der Waals surface area (Å²) in [6.07, 6.45) is 0.496. The van der Waals surface area contributed by atoms with Gasteiger partial charge < -0.3 is 9.72 Å². The molecule has 0 amide bonds. The topological polar surface area (TPSA) is 61.1 Å². The van der Waals surface area contributed by atoms with Crippen LogP contribution in [-0.2, 0) is 19.5 Å². The molecule has 0 spiro atoms.